The minimum absolute atomic E-state index is 0. The van der Waals surface area contributed by atoms with Gasteiger partial charge >= 0.3 is 47.5 Å². The third-order valence-electron chi connectivity index (χ3n) is 14.7. The normalized spacial score (nSPS) is 11.9. The number of benzene rings is 8. The molecule has 19 nitrogen and oxygen atoms in total. The Labute approximate surface area is 582 Å². The van der Waals surface area contributed by atoms with Crippen molar-refractivity contribution < 1.29 is 92.2 Å². The van der Waals surface area contributed by atoms with Crippen molar-refractivity contribution in [3.63, 3.8) is 0 Å². The quantitative estimate of drug-likeness (QED) is 0.00972. The maximum absolute atomic E-state index is 13.7. The predicted molar refractivity (Wildman–Crippen MR) is 361 cm³/mol. The molecule has 0 spiro atoms. The number of fused-ring (bicyclic) bond motifs is 2. The fourth-order valence-corrected chi connectivity index (χ4v) is 10.1. The maximum atomic E-state index is 13.7. The molecular weight excluding hydrogens is 1250 g/mol. The first kappa shape index (κ1) is 77.2. The van der Waals surface area contributed by atoms with E-state index in [-0.39, 0.29) is 110 Å². The van der Waals surface area contributed by atoms with Crippen molar-refractivity contribution in [2.45, 2.75) is 77.7 Å². The first-order valence-electron chi connectivity index (χ1n) is 30.2. The molecule has 0 saturated carbocycles. The number of esters is 1. The second kappa shape index (κ2) is 40.0. The molecule has 0 amide bonds. The monoisotopic (exact) mass is 1320 g/mol. The number of nitrogens with zero attached hydrogens (tertiary/aromatic N) is 5. The van der Waals surface area contributed by atoms with Crippen LogP contribution in [0.5, 0.6) is 0 Å². The van der Waals surface area contributed by atoms with Gasteiger partial charge in [-0.05, 0) is 102 Å². The molecule has 0 fully saturated rings. The number of hydrogen-bond acceptors (Lipinski definition) is 15. The molecule has 97 heavy (non-hydrogen) atoms. The summed E-state index contributed by atoms with van der Waals surface area (Å²) in [5.41, 5.74) is 21.1. The summed E-state index contributed by atoms with van der Waals surface area (Å²) in [6.45, 7) is 1.97. The van der Waals surface area contributed by atoms with Crippen LogP contribution >= 0.6 is 0 Å². The van der Waals surface area contributed by atoms with E-state index in [4.69, 9.17) is 40.7 Å². The Morgan fingerprint density at radius 2 is 1.13 bits per heavy atom. The van der Waals surface area contributed by atoms with E-state index in [9.17, 15) is 28.0 Å². The molecule has 12 rings (SSSR count). The molecule has 3 atom stereocenters. The Bertz CT molecular complexity index is 4260. The van der Waals surface area contributed by atoms with E-state index in [2.05, 4.69) is 30.4 Å². The molecule has 0 unspecified atom stereocenters. The summed E-state index contributed by atoms with van der Waals surface area (Å²) < 4.78 is 42.3. The fourth-order valence-electron chi connectivity index (χ4n) is 10.1. The van der Waals surface area contributed by atoms with Crippen LogP contribution in [0.25, 0.3) is 39.3 Å². The molecule has 3 aromatic heterocycles. The standard InChI is InChI=1S/C27H22FN3O2.C16H15N3O.C13H16O4.C11H9FO2.C7H8N2O.CH4.Na.H2O/c28-22-11-12-25-24(16-22)21(17-29-25)15-23(32)14-20(13-18-7-3-1-4-8-18)27-30-26(31-33-27)19-9-5-2-6-10-19;17-14(11-12-7-3-1-4-8-12)16-18-15(19-20-16)13-9-5-2-6-10-13;1-2-17-12(14)9-11(13(15)16)8-10-6-4-3-5-7-10;12-9-4-3-7-1-2-8(5-11(13)14)10(7)6-9;8-7(9-10)6-4-2-1-3-5-6;;;/h1-12,16-17,20,29H,13-15H2;1-10,14H,11,17H2;3-7,11H,2,8-9H2,1H3,(H,15,16);2-4,6H,1,5H2,(H,13,14);1-5,10H,(H2,8,9);1H4;;1H2/q;;;;;;+1;/p-1/t20-;14-;11-;;;;;/m101...../s1. The topological polar surface area (TPSA) is 326 Å². The number of rotatable bonds is 21. The van der Waals surface area contributed by atoms with Crippen LogP contribution in [0.2, 0.25) is 0 Å². The number of carboxylic acid groups (broad SMARTS) is 2. The van der Waals surface area contributed by atoms with Crippen LogP contribution < -0.4 is 41.0 Å². The minimum Gasteiger partial charge on any atom is -0.870 e. The smallest absolute Gasteiger partial charge is 0.870 e. The molecule has 0 aliphatic heterocycles. The van der Waals surface area contributed by atoms with E-state index in [1.807, 2.05) is 176 Å². The van der Waals surface area contributed by atoms with Gasteiger partial charge in [0.1, 0.15) is 17.4 Å². The number of hydrogen-bond donors (Lipinski definition) is 6. The molecule has 22 heteroatoms. The summed E-state index contributed by atoms with van der Waals surface area (Å²) in [6, 6.07) is 66.4. The molecule has 11 aromatic rings. The van der Waals surface area contributed by atoms with E-state index in [1.54, 1.807) is 37.4 Å². The van der Waals surface area contributed by atoms with Crippen LogP contribution in [0.3, 0.4) is 0 Å². The van der Waals surface area contributed by atoms with Gasteiger partial charge in [0.05, 0.1) is 31.4 Å². The van der Waals surface area contributed by atoms with E-state index in [0.717, 1.165) is 61.0 Å². The van der Waals surface area contributed by atoms with Gasteiger partial charge in [-0.3, -0.25) is 19.2 Å². The SMILES string of the molecule is C.CCOC(=O)C[C@@H](Cc1ccccc1)C(=O)O.N/C(=N\O)c1ccccc1.N[C@@H](Cc1ccccc1)c1nc(-c2ccccc2)no1.O=C(Cc1c[nH]c2ccc(F)cc12)C[C@@H](Cc1ccccc1)c1nc(-c2ccccc2)no1.O=C(O)CC1=CCc2ccc(F)cc21.[Na+].[OH-]. The van der Waals surface area contributed by atoms with E-state index in [1.165, 1.54) is 24.3 Å². The van der Waals surface area contributed by atoms with Crippen molar-refractivity contribution in [3.05, 3.63) is 293 Å². The maximum Gasteiger partial charge on any atom is 1.00 e. The average molecular weight is 1330 g/mol. The first-order valence-corrected chi connectivity index (χ1v) is 30.2. The second-order valence-corrected chi connectivity index (χ2v) is 21.6. The number of aliphatic carboxylic acids is 2. The van der Waals surface area contributed by atoms with E-state index < -0.39 is 23.8 Å². The third-order valence-corrected chi connectivity index (χ3v) is 14.7. The molecule has 0 saturated heterocycles. The van der Waals surface area contributed by atoms with Gasteiger partial charge < -0.3 is 51.1 Å². The van der Waals surface area contributed by atoms with Crippen LogP contribution in [0.15, 0.2) is 245 Å². The number of allylic oxidation sites excluding steroid dienone is 1. The van der Waals surface area contributed by atoms with Crippen LogP contribution in [-0.4, -0.2) is 82.3 Å². The zero-order valence-corrected chi connectivity index (χ0v) is 54.8. The number of amidine groups is 1. The number of carboxylic acids is 2. The number of carbonyl (C=O) groups is 4. The Balaban J connectivity index is 0.000000231. The van der Waals surface area contributed by atoms with Crippen LogP contribution in [0.1, 0.15) is 96.3 Å². The Kier molecular flexibility index (Phi) is 31.8. The number of ether oxygens (including phenoxy) is 1. The molecule has 1 aliphatic carbocycles. The number of nitrogens with one attached hydrogen (secondary N) is 1. The summed E-state index contributed by atoms with van der Waals surface area (Å²) in [7, 11) is 0. The number of Topliss-reactive ketones (excluding diaryl/α,β-unsaturated/α-hetero) is 1. The number of halogens is 2. The number of nitrogens with two attached hydrogens (primary N) is 2. The molecule has 9 N–H and O–H groups in total. The van der Waals surface area contributed by atoms with Gasteiger partial charge in [0.25, 0.3) is 0 Å². The number of aromatic nitrogens is 5. The number of H-pyrrole nitrogens is 1. The van der Waals surface area contributed by atoms with Gasteiger partial charge in [0, 0.05) is 52.5 Å². The van der Waals surface area contributed by atoms with Crippen molar-refractivity contribution in [2.24, 2.45) is 22.5 Å². The van der Waals surface area contributed by atoms with Gasteiger partial charge in [0.15, 0.2) is 5.84 Å². The van der Waals surface area contributed by atoms with Gasteiger partial charge in [0.2, 0.25) is 23.4 Å². The van der Waals surface area contributed by atoms with Crippen molar-refractivity contribution in [1.29, 1.82) is 0 Å². The van der Waals surface area contributed by atoms with Crippen molar-refractivity contribution in [1.82, 2.24) is 25.3 Å². The number of oxime groups is 1. The van der Waals surface area contributed by atoms with Crippen molar-refractivity contribution >= 4 is 46.0 Å². The molecule has 3 heterocycles. The molecule has 0 bridgehead atoms. The van der Waals surface area contributed by atoms with Gasteiger partial charge in [-0.1, -0.05) is 217 Å². The molecule has 1 aliphatic rings. The molecule has 8 aromatic carbocycles. The second-order valence-electron chi connectivity index (χ2n) is 21.6. The van der Waals surface area contributed by atoms with Gasteiger partial charge in [-0.25, -0.2) is 8.78 Å². The number of aromatic amines is 1. The summed E-state index contributed by atoms with van der Waals surface area (Å²) in [5.74, 6) is -1.79. The third kappa shape index (κ3) is 24.3. The Hall–Kier alpha value is -10.6. The average Bonchev–Trinajstić information content (AvgIpc) is 1.69. The van der Waals surface area contributed by atoms with Crippen LogP contribution in [-0.2, 0) is 56.0 Å². The largest absolute Gasteiger partial charge is 1.00 e. The fraction of sp³-hybridized carbons (Fsp3) is 0.187. The Morgan fingerprint density at radius 1 is 0.639 bits per heavy atom. The summed E-state index contributed by atoms with van der Waals surface area (Å²) >= 11 is 0. The predicted octanol–water partition coefficient (Wildman–Crippen LogP) is 11.2. The van der Waals surface area contributed by atoms with Gasteiger partial charge in [-0.2, -0.15) is 9.97 Å². The van der Waals surface area contributed by atoms with Crippen molar-refractivity contribution in [2.75, 3.05) is 6.61 Å². The molecule has 496 valence electrons. The summed E-state index contributed by atoms with van der Waals surface area (Å²) in [4.78, 5) is 58.0. The zero-order valence-electron chi connectivity index (χ0n) is 52.8. The van der Waals surface area contributed by atoms with Crippen LogP contribution in [0, 0.1) is 17.6 Å². The van der Waals surface area contributed by atoms with Gasteiger partial charge in [-0.15, -0.1) is 0 Å². The molecule has 0 radical (unpaired) electrons. The number of ketones is 1. The van der Waals surface area contributed by atoms with E-state index in [0.29, 0.717) is 54.7 Å². The zero-order chi connectivity index (χ0) is 66.6. The Morgan fingerprint density at radius 3 is 1.67 bits per heavy atom. The first-order chi connectivity index (χ1) is 45.6. The van der Waals surface area contributed by atoms with Crippen LogP contribution in [0.4, 0.5) is 8.78 Å². The minimum atomic E-state index is -0.970. The van der Waals surface area contributed by atoms with E-state index >= 15 is 0 Å². The summed E-state index contributed by atoms with van der Waals surface area (Å²) in [6.07, 6.45) is 6.28. The molecular formula is C75H75F2N8NaO11. The van der Waals surface area contributed by atoms with Crippen molar-refractivity contribution in [3.8, 4) is 22.8 Å². The number of carbonyl (C=O) groups excluding carboxylic acids is 2. The summed E-state index contributed by atoms with van der Waals surface area (Å²) in [5, 5.41) is 37.6.